The van der Waals surface area contributed by atoms with Crippen LogP contribution in [0.3, 0.4) is 0 Å². The van der Waals surface area contributed by atoms with E-state index in [0.717, 1.165) is 50.7 Å². The molecular weight excluding hydrogens is 375 g/mol. The molecule has 0 spiro atoms. The van der Waals surface area contributed by atoms with Crippen LogP contribution in [0, 0.1) is 9.49 Å². The fourth-order valence-corrected chi connectivity index (χ4v) is 3.99. The van der Waals surface area contributed by atoms with Crippen molar-refractivity contribution in [2.75, 3.05) is 0 Å². The first-order valence-electron chi connectivity index (χ1n) is 7.52. The monoisotopic (exact) mass is 394 g/mol. The smallest absolute Gasteiger partial charge is 0.150 e. The SMILES string of the molecule is C[C@H]1CC[C@@H](Oc2ccc3cccc(C=O)c3c2I)CC1. The quantitative estimate of drug-likeness (QED) is 0.528. The van der Waals surface area contributed by atoms with Gasteiger partial charge in [-0.15, -0.1) is 0 Å². The largest absolute Gasteiger partial charge is 0.489 e. The highest BCUT2D eigenvalue weighted by atomic mass is 127. The molecule has 1 fully saturated rings. The van der Waals surface area contributed by atoms with E-state index in [2.05, 4.69) is 29.5 Å². The van der Waals surface area contributed by atoms with Gasteiger partial charge in [0.15, 0.2) is 6.29 Å². The average Bonchev–Trinajstić information content (AvgIpc) is 2.51. The standard InChI is InChI=1S/C18H19IO2/c1-12-5-8-15(9-6-12)21-16-10-7-13-3-2-4-14(11-20)17(13)18(16)19/h2-4,7,10-12,15H,5-6,8-9H2,1H3/t12-,15+. The van der Waals surface area contributed by atoms with Crippen molar-refractivity contribution in [1.29, 1.82) is 0 Å². The number of carbonyl (C=O) groups excluding carboxylic acids is 1. The van der Waals surface area contributed by atoms with Crippen molar-refractivity contribution in [2.24, 2.45) is 5.92 Å². The van der Waals surface area contributed by atoms with Crippen LogP contribution in [0.2, 0.25) is 0 Å². The Morgan fingerprint density at radius 1 is 1.14 bits per heavy atom. The summed E-state index contributed by atoms with van der Waals surface area (Å²) >= 11 is 2.30. The summed E-state index contributed by atoms with van der Waals surface area (Å²) in [6.45, 7) is 2.31. The van der Waals surface area contributed by atoms with Crippen LogP contribution in [0.4, 0.5) is 0 Å². The Kier molecular flexibility index (Phi) is 4.48. The minimum absolute atomic E-state index is 0.315. The van der Waals surface area contributed by atoms with Crippen molar-refractivity contribution in [3.05, 3.63) is 39.5 Å². The molecule has 21 heavy (non-hydrogen) atoms. The van der Waals surface area contributed by atoms with Gasteiger partial charge in [0, 0.05) is 10.9 Å². The Labute approximate surface area is 139 Å². The minimum atomic E-state index is 0.315. The van der Waals surface area contributed by atoms with E-state index in [-0.39, 0.29) is 0 Å². The van der Waals surface area contributed by atoms with E-state index in [9.17, 15) is 4.79 Å². The molecule has 0 aliphatic heterocycles. The molecule has 0 atom stereocenters. The molecule has 1 aliphatic rings. The van der Waals surface area contributed by atoms with E-state index < -0.39 is 0 Å². The van der Waals surface area contributed by atoms with E-state index in [4.69, 9.17) is 4.74 Å². The zero-order chi connectivity index (χ0) is 14.8. The lowest BCUT2D eigenvalue weighted by atomic mass is 9.89. The molecule has 0 amide bonds. The summed E-state index contributed by atoms with van der Waals surface area (Å²) in [6.07, 6.45) is 5.99. The van der Waals surface area contributed by atoms with E-state index in [1.165, 1.54) is 12.8 Å². The van der Waals surface area contributed by atoms with Gasteiger partial charge < -0.3 is 4.74 Å². The first-order valence-corrected chi connectivity index (χ1v) is 8.60. The number of rotatable bonds is 3. The molecule has 0 saturated heterocycles. The fourth-order valence-electron chi connectivity index (χ4n) is 3.06. The second kappa shape index (κ2) is 6.34. The highest BCUT2D eigenvalue weighted by Crippen LogP contribution is 2.34. The Hall–Kier alpha value is -1.10. The van der Waals surface area contributed by atoms with Crippen molar-refractivity contribution in [1.82, 2.24) is 0 Å². The van der Waals surface area contributed by atoms with Gasteiger partial charge in [0.05, 0.1) is 9.67 Å². The van der Waals surface area contributed by atoms with E-state index in [0.29, 0.717) is 6.10 Å². The first-order chi connectivity index (χ1) is 10.2. The first kappa shape index (κ1) is 14.8. The number of halogens is 1. The van der Waals surface area contributed by atoms with Gasteiger partial charge in [0.25, 0.3) is 0 Å². The fraction of sp³-hybridized carbons (Fsp3) is 0.389. The number of ether oxygens (including phenoxy) is 1. The molecule has 3 heteroatoms. The molecular formula is C18H19IO2. The minimum Gasteiger partial charge on any atom is -0.489 e. The number of hydrogen-bond acceptors (Lipinski definition) is 2. The predicted molar refractivity (Wildman–Crippen MR) is 94.1 cm³/mol. The second-order valence-corrected chi connectivity index (χ2v) is 7.02. The molecule has 1 aliphatic carbocycles. The number of aldehydes is 1. The highest BCUT2D eigenvalue weighted by Gasteiger charge is 2.21. The maximum Gasteiger partial charge on any atom is 0.150 e. The molecule has 0 unspecified atom stereocenters. The summed E-state index contributed by atoms with van der Waals surface area (Å²) in [6, 6.07) is 9.91. The Morgan fingerprint density at radius 3 is 2.62 bits per heavy atom. The molecule has 110 valence electrons. The normalized spacial score (nSPS) is 22.2. The van der Waals surface area contributed by atoms with Crippen molar-refractivity contribution in [2.45, 2.75) is 38.7 Å². The van der Waals surface area contributed by atoms with Crippen LogP contribution in [-0.2, 0) is 0 Å². The lowest BCUT2D eigenvalue weighted by molar-refractivity contribution is 0.112. The lowest BCUT2D eigenvalue weighted by Crippen LogP contribution is -2.23. The summed E-state index contributed by atoms with van der Waals surface area (Å²) in [7, 11) is 0. The zero-order valence-corrected chi connectivity index (χ0v) is 14.3. The molecule has 0 aromatic heterocycles. The number of benzene rings is 2. The Morgan fingerprint density at radius 2 is 1.90 bits per heavy atom. The molecule has 3 rings (SSSR count). The topological polar surface area (TPSA) is 26.3 Å². The molecule has 0 radical (unpaired) electrons. The molecule has 2 nitrogen and oxygen atoms in total. The number of carbonyl (C=O) groups is 1. The summed E-state index contributed by atoms with van der Waals surface area (Å²) in [4.78, 5) is 11.3. The van der Waals surface area contributed by atoms with Gasteiger partial charge in [-0.2, -0.15) is 0 Å². The zero-order valence-electron chi connectivity index (χ0n) is 12.1. The van der Waals surface area contributed by atoms with Gasteiger partial charge >= 0.3 is 0 Å². The van der Waals surface area contributed by atoms with Crippen molar-refractivity contribution in [3.63, 3.8) is 0 Å². The summed E-state index contributed by atoms with van der Waals surface area (Å²) in [5.74, 6) is 1.74. The third-order valence-electron chi connectivity index (χ3n) is 4.36. The molecule has 2 aromatic rings. The van der Waals surface area contributed by atoms with Crippen LogP contribution in [0.15, 0.2) is 30.3 Å². The summed E-state index contributed by atoms with van der Waals surface area (Å²) in [5, 5.41) is 2.10. The van der Waals surface area contributed by atoms with E-state index in [1.807, 2.05) is 30.3 Å². The van der Waals surface area contributed by atoms with Gasteiger partial charge in [0.2, 0.25) is 0 Å². The molecule has 1 saturated carbocycles. The second-order valence-electron chi connectivity index (χ2n) is 5.94. The predicted octanol–water partition coefficient (Wildman–Crippen LogP) is 5.21. The van der Waals surface area contributed by atoms with Crippen LogP contribution in [-0.4, -0.2) is 12.4 Å². The summed E-state index contributed by atoms with van der Waals surface area (Å²) in [5.41, 5.74) is 0.736. The molecule has 0 N–H and O–H groups in total. The Bertz CT molecular complexity index is 658. The summed E-state index contributed by atoms with van der Waals surface area (Å²) < 4.78 is 7.27. The van der Waals surface area contributed by atoms with Crippen LogP contribution in [0.5, 0.6) is 5.75 Å². The number of fused-ring (bicyclic) bond motifs is 1. The third kappa shape index (κ3) is 3.07. The van der Waals surface area contributed by atoms with Crippen LogP contribution < -0.4 is 4.74 Å². The highest BCUT2D eigenvalue weighted by molar-refractivity contribution is 14.1. The van der Waals surface area contributed by atoms with Crippen molar-refractivity contribution in [3.8, 4) is 5.75 Å². The van der Waals surface area contributed by atoms with Gasteiger partial charge in [-0.25, -0.2) is 0 Å². The van der Waals surface area contributed by atoms with Gasteiger partial charge in [-0.3, -0.25) is 4.79 Å². The third-order valence-corrected chi connectivity index (χ3v) is 5.43. The maximum absolute atomic E-state index is 11.3. The van der Waals surface area contributed by atoms with Crippen molar-refractivity contribution >= 4 is 39.6 Å². The molecule has 0 heterocycles. The van der Waals surface area contributed by atoms with Gasteiger partial charge in [-0.1, -0.05) is 31.2 Å². The lowest BCUT2D eigenvalue weighted by Gasteiger charge is -2.27. The molecule has 2 aromatic carbocycles. The van der Waals surface area contributed by atoms with Crippen molar-refractivity contribution < 1.29 is 9.53 Å². The number of hydrogen-bond donors (Lipinski definition) is 0. The maximum atomic E-state index is 11.3. The Balaban J connectivity index is 1.92. The van der Waals surface area contributed by atoms with Crippen LogP contribution in [0.25, 0.3) is 10.8 Å². The average molecular weight is 394 g/mol. The van der Waals surface area contributed by atoms with E-state index in [1.54, 1.807) is 0 Å². The van der Waals surface area contributed by atoms with E-state index >= 15 is 0 Å². The van der Waals surface area contributed by atoms with Crippen LogP contribution in [0.1, 0.15) is 43.0 Å². The van der Waals surface area contributed by atoms with Crippen LogP contribution >= 0.6 is 22.6 Å². The van der Waals surface area contributed by atoms with Gasteiger partial charge in [-0.05, 0) is 65.6 Å². The molecule has 0 bridgehead atoms. The van der Waals surface area contributed by atoms with Gasteiger partial charge in [0.1, 0.15) is 5.75 Å².